The van der Waals surface area contributed by atoms with Gasteiger partial charge in [-0.15, -0.1) is 0 Å². The Bertz CT molecular complexity index is 607. The van der Waals surface area contributed by atoms with Crippen molar-refractivity contribution in [3.63, 3.8) is 0 Å². The molecule has 6 heteroatoms. The molecule has 0 saturated carbocycles. The van der Waals surface area contributed by atoms with Crippen molar-refractivity contribution in [3.8, 4) is 5.75 Å². The molecule has 0 bridgehead atoms. The number of nitrogens with two attached hydrogens (primary N) is 1. The van der Waals surface area contributed by atoms with Crippen molar-refractivity contribution < 1.29 is 9.53 Å². The molecule has 2 N–H and O–H groups in total. The van der Waals surface area contributed by atoms with E-state index in [1.165, 1.54) is 23.8 Å². The van der Waals surface area contributed by atoms with E-state index in [2.05, 4.69) is 4.98 Å². The minimum absolute atomic E-state index is 0.260. The van der Waals surface area contributed by atoms with Crippen LogP contribution in [0, 0.1) is 6.92 Å². The number of benzene rings is 1. The Morgan fingerprint density at radius 3 is 2.78 bits per heavy atom. The van der Waals surface area contributed by atoms with E-state index in [0.717, 1.165) is 0 Å². The normalized spacial score (nSPS) is 10.4. The van der Waals surface area contributed by atoms with Crippen LogP contribution in [0.4, 0.5) is 5.69 Å². The van der Waals surface area contributed by atoms with E-state index < -0.39 is 0 Å². The first-order chi connectivity index (χ1) is 8.54. The minimum Gasteiger partial charge on any atom is -0.496 e. The number of anilines is 1. The van der Waals surface area contributed by atoms with Crippen molar-refractivity contribution in [3.05, 3.63) is 40.9 Å². The van der Waals surface area contributed by atoms with Crippen LogP contribution < -0.4 is 10.5 Å². The van der Waals surface area contributed by atoms with E-state index in [1.54, 1.807) is 19.3 Å². The lowest BCUT2D eigenvalue weighted by atomic mass is 10.1. The quantitative estimate of drug-likeness (QED) is 0.845. The molecule has 0 saturated heterocycles. The Morgan fingerprint density at radius 1 is 1.50 bits per heavy atom. The molecule has 18 heavy (non-hydrogen) atoms. The number of aromatic nitrogens is 2. The highest BCUT2D eigenvalue weighted by Gasteiger charge is 2.17. The molecule has 5 nitrogen and oxygen atoms in total. The first-order valence-corrected chi connectivity index (χ1v) is 5.60. The number of nitrogen functional groups attached to an aromatic ring is 1. The summed E-state index contributed by atoms with van der Waals surface area (Å²) in [6.07, 6.45) is 3.14. The predicted octanol–water partition coefficient (Wildman–Crippen LogP) is 2.12. The maximum atomic E-state index is 12.3. The number of carbonyl (C=O) groups is 1. The van der Waals surface area contributed by atoms with Crippen LogP contribution in [-0.4, -0.2) is 22.6 Å². The smallest absolute Gasteiger partial charge is 0.267 e. The molecule has 0 aliphatic heterocycles. The Balaban J connectivity index is 2.54. The maximum Gasteiger partial charge on any atom is 0.267 e. The lowest BCUT2D eigenvalue weighted by Gasteiger charge is -2.10. The van der Waals surface area contributed by atoms with E-state index in [4.69, 9.17) is 22.1 Å². The zero-order valence-electron chi connectivity index (χ0n) is 9.98. The van der Waals surface area contributed by atoms with Crippen molar-refractivity contribution in [1.29, 1.82) is 0 Å². The fourth-order valence-electron chi connectivity index (χ4n) is 1.63. The fraction of sp³-hybridized carbons (Fsp3) is 0.167. The number of hydrogen-bond donors (Lipinski definition) is 1. The molecule has 0 radical (unpaired) electrons. The zero-order valence-corrected chi connectivity index (χ0v) is 10.7. The highest BCUT2D eigenvalue weighted by molar-refractivity contribution is 6.33. The second kappa shape index (κ2) is 4.70. The molecule has 94 valence electrons. The van der Waals surface area contributed by atoms with Crippen molar-refractivity contribution in [2.75, 3.05) is 12.8 Å². The summed E-state index contributed by atoms with van der Waals surface area (Å²) in [4.78, 5) is 16.3. The summed E-state index contributed by atoms with van der Waals surface area (Å²) in [6, 6.07) is 3.03. The Morgan fingerprint density at radius 2 is 2.22 bits per heavy atom. The molecule has 0 fully saturated rings. The van der Waals surface area contributed by atoms with Crippen LogP contribution in [-0.2, 0) is 0 Å². The molecule has 2 aromatic rings. The van der Waals surface area contributed by atoms with E-state index in [9.17, 15) is 4.79 Å². The van der Waals surface area contributed by atoms with Crippen LogP contribution in [0.1, 0.15) is 16.2 Å². The molecule has 1 heterocycles. The van der Waals surface area contributed by atoms with Crippen LogP contribution >= 0.6 is 11.6 Å². The second-order valence-corrected chi connectivity index (χ2v) is 4.13. The number of imidazole rings is 1. The van der Waals surface area contributed by atoms with Gasteiger partial charge in [0.2, 0.25) is 0 Å². The number of ether oxygens (including phenoxy) is 1. The number of methoxy groups -OCH3 is 1. The van der Waals surface area contributed by atoms with Gasteiger partial charge >= 0.3 is 0 Å². The van der Waals surface area contributed by atoms with Crippen molar-refractivity contribution in [1.82, 2.24) is 9.55 Å². The minimum atomic E-state index is -0.260. The predicted molar refractivity (Wildman–Crippen MR) is 69.1 cm³/mol. The molecule has 1 aromatic heterocycles. The first-order valence-electron chi connectivity index (χ1n) is 5.22. The van der Waals surface area contributed by atoms with Gasteiger partial charge in [0.15, 0.2) is 0 Å². The standard InChI is InChI=1S/C12H12ClN3O2/c1-7-15-3-4-16(7)12(17)8-5-9(13)10(14)6-11(8)18-2/h3-6H,14H2,1-2H3. The van der Waals surface area contributed by atoms with Crippen LogP contribution in [0.3, 0.4) is 0 Å². The van der Waals surface area contributed by atoms with Crippen molar-refractivity contribution >= 4 is 23.2 Å². The van der Waals surface area contributed by atoms with Gasteiger partial charge < -0.3 is 10.5 Å². The van der Waals surface area contributed by atoms with E-state index >= 15 is 0 Å². The monoisotopic (exact) mass is 265 g/mol. The second-order valence-electron chi connectivity index (χ2n) is 3.72. The summed E-state index contributed by atoms with van der Waals surface area (Å²) in [5.41, 5.74) is 6.38. The van der Waals surface area contributed by atoms with Gasteiger partial charge in [0.25, 0.3) is 5.91 Å². The fourth-order valence-corrected chi connectivity index (χ4v) is 1.79. The largest absolute Gasteiger partial charge is 0.496 e. The summed E-state index contributed by atoms with van der Waals surface area (Å²) in [5.74, 6) is 0.716. The van der Waals surface area contributed by atoms with E-state index in [-0.39, 0.29) is 5.91 Å². The lowest BCUT2D eigenvalue weighted by Crippen LogP contribution is -2.14. The van der Waals surface area contributed by atoms with Gasteiger partial charge in [0, 0.05) is 18.5 Å². The molecule has 0 unspecified atom stereocenters. The molecule has 0 spiro atoms. The summed E-state index contributed by atoms with van der Waals surface area (Å²) in [6.45, 7) is 1.74. The third kappa shape index (κ3) is 2.04. The molecule has 0 aliphatic rings. The number of carbonyl (C=O) groups excluding carboxylic acids is 1. The Labute approximate surface area is 109 Å². The third-order valence-corrected chi connectivity index (χ3v) is 2.92. The first kappa shape index (κ1) is 12.4. The molecule has 1 aromatic carbocycles. The molecule has 0 amide bonds. The van der Waals surface area contributed by atoms with Gasteiger partial charge in [-0.2, -0.15) is 0 Å². The Hall–Kier alpha value is -2.01. The SMILES string of the molecule is COc1cc(N)c(Cl)cc1C(=O)n1ccnc1C. The highest BCUT2D eigenvalue weighted by atomic mass is 35.5. The van der Waals surface area contributed by atoms with Crippen LogP contribution in [0.5, 0.6) is 5.75 Å². The average Bonchev–Trinajstić information content (AvgIpc) is 2.77. The summed E-state index contributed by atoms with van der Waals surface area (Å²) in [5, 5.41) is 0.317. The Kier molecular flexibility index (Phi) is 3.25. The number of nitrogens with zero attached hydrogens (tertiary/aromatic N) is 2. The zero-order chi connectivity index (χ0) is 13.3. The molecular formula is C12H12ClN3O2. The van der Waals surface area contributed by atoms with E-state index in [1.807, 2.05) is 0 Å². The molecule has 2 rings (SSSR count). The van der Waals surface area contributed by atoms with Gasteiger partial charge in [0.1, 0.15) is 11.6 Å². The van der Waals surface area contributed by atoms with Gasteiger partial charge in [-0.05, 0) is 13.0 Å². The highest BCUT2D eigenvalue weighted by Crippen LogP contribution is 2.29. The number of rotatable bonds is 2. The van der Waals surface area contributed by atoms with Crippen LogP contribution in [0.15, 0.2) is 24.5 Å². The molecule has 0 aliphatic carbocycles. The summed E-state index contributed by atoms with van der Waals surface area (Å²) < 4.78 is 6.57. The summed E-state index contributed by atoms with van der Waals surface area (Å²) >= 11 is 5.93. The van der Waals surface area contributed by atoms with Gasteiger partial charge in [-0.1, -0.05) is 11.6 Å². The van der Waals surface area contributed by atoms with Crippen LogP contribution in [0.25, 0.3) is 0 Å². The third-order valence-electron chi connectivity index (χ3n) is 2.59. The number of hydrogen-bond acceptors (Lipinski definition) is 4. The average molecular weight is 266 g/mol. The maximum absolute atomic E-state index is 12.3. The number of aryl methyl sites for hydroxylation is 1. The molecular weight excluding hydrogens is 254 g/mol. The van der Waals surface area contributed by atoms with Gasteiger partial charge in [-0.25, -0.2) is 4.98 Å². The topological polar surface area (TPSA) is 70.1 Å². The lowest BCUT2D eigenvalue weighted by molar-refractivity contribution is 0.0954. The van der Waals surface area contributed by atoms with Crippen molar-refractivity contribution in [2.45, 2.75) is 6.92 Å². The van der Waals surface area contributed by atoms with Gasteiger partial charge in [0.05, 0.1) is 23.4 Å². The van der Waals surface area contributed by atoms with Gasteiger partial charge in [-0.3, -0.25) is 9.36 Å². The molecule has 0 atom stereocenters. The van der Waals surface area contributed by atoms with E-state index in [0.29, 0.717) is 27.8 Å². The van der Waals surface area contributed by atoms with Crippen LogP contribution in [0.2, 0.25) is 5.02 Å². The summed E-state index contributed by atoms with van der Waals surface area (Å²) in [7, 11) is 1.47. The van der Waals surface area contributed by atoms with Crippen molar-refractivity contribution in [2.24, 2.45) is 0 Å². The number of halogens is 1.